The lowest BCUT2D eigenvalue weighted by atomic mass is 10.0. The van der Waals surface area contributed by atoms with E-state index in [4.69, 9.17) is 0 Å². The van der Waals surface area contributed by atoms with Gasteiger partial charge in [-0.05, 0) is 18.2 Å². The standard InChI is InChI=1S/C12H8F2O2/c13-8-4-1-3-7(12(8)14)11-9(15)5-2-6-10(11)16/h1-6,15-16H. The Hall–Kier alpha value is -2.10. The molecule has 0 saturated carbocycles. The summed E-state index contributed by atoms with van der Waals surface area (Å²) >= 11 is 0. The number of phenolic OH excluding ortho intramolecular Hbond substituents is 2. The van der Waals surface area contributed by atoms with Gasteiger partial charge < -0.3 is 10.2 Å². The Morgan fingerprint density at radius 3 is 2.00 bits per heavy atom. The highest BCUT2D eigenvalue weighted by Gasteiger charge is 2.16. The summed E-state index contributed by atoms with van der Waals surface area (Å²) in [4.78, 5) is 0. The molecule has 0 heterocycles. The molecule has 2 N–H and O–H groups in total. The summed E-state index contributed by atoms with van der Waals surface area (Å²) in [5.41, 5.74) is -0.282. The zero-order valence-electron chi connectivity index (χ0n) is 8.11. The van der Waals surface area contributed by atoms with Crippen LogP contribution in [0.1, 0.15) is 0 Å². The topological polar surface area (TPSA) is 40.5 Å². The van der Waals surface area contributed by atoms with E-state index in [1.54, 1.807) is 0 Å². The lowest BCUT2D eigenvalue weighted by molar-refractivity contribution is 0.452. The summed E-state index contributed by atoms with van der Waals surface area (Å²) in [6.45, 7) is 0. The van der Waals surface area contributed by atoms with E-state index in [0.29, 0.717) is 0 Å². The van der Waals surface area contributed by atoms with Crippen LogP contribution in [0.25, 0.3) is 11.1 Å². The van der Waals surface area contributed by atoms with Crippen molar-refractivity contribution in [2.45, 2.75) is 0 Å². The van der Waals surface area contributed by atoms with Gasteiger partial charge in [-0.2, -0.15) is 0 Å². The number of hydrogen-bond acceptors (Lipinski definition) is 2. The first-order valence-electron chi connectivity index (χ1n) is 4.56. The van der Waals surface area contributed by atoms with Gasteiger partial charge in [0, 0.05) is 5.56 Å². The number of hydrogen-bond donors (Lipinski definition) is 2. The first kappa shape index (κ1) is 10.4. The third kappa shape index (κ3) is 1.58. The van der Waals surface area contributed by atoms with Crippen LogP contribution in [0.4, 0.5) is 8.78 Å². The number of aromatic hydroxyl groups is 2. The van der Waals surface area contributed by atoms with Crippen LogP contribution in [0.5, 0.6) is 11.5 Å². The van der Waals surface area contributed by atoms with Crippen LogP contribution in [-0.2, 0) is 0 Å². The van der Waals surface area contributed by atoms with E-state index in [9.17, 15) is 19.0 Å². The highest BCUT2D eigenvalue weighted by Crippen LogP contribution is 2.38. The van der Waals surface area contributed by atoms with E-state index < -0.39 is 11.6 Å². The van der Waals surface area contributed by atoms with Gasteiger partial charge in [0.2, 0.25) is 0 Å². The molecule has 0 aliphatic rings. The van der Waals surface area contributed by atoms with E-state index in [1.807, 2.05) is 0 Å². The number of phenols is 2. The molecule has 2 aromatic carbocycles. The van der Waals surface area contributed by atoms with Crippen LogP contribution in [0.15, 0.2) is 36.4 Å². The van der Waals surface area contributed by atoms with Crippen LogP contribution in [0, 0.1) is 11.6 Å². The maximum atomic E-state index is 13.5. The Morgan fingerprint density at radius 1 is 0.812 bits per heavy atom. The van der Waals surface area contributed by atoms with Crippen molar-refractivity contribution < 1.29 is 19.0 Å². The molecule has 4 heteroatoms. The van der Waals surface area contributed by atoms with Crippen LogP contribution in [-0.4, -0.2) is 10.2 Å². The molecule has 2 nitrogen and oxygen atoms in total. The van der Waals surface area contributed by atoms with Crippen LogP contribution in [0.2, 0.25) is 0 Å². The molecule has 0 saturated heterocycles. The Kier molecular flexibility index (Phi) is 2.48. The number of benzene rings is 2. The maximum Gasteiger partial charge on any atom is 0.166 e. The van der Waals surface area contributed by atoms with E-state index in [-0.39, 0.29) is 22.6 Å². The Labute approximate surface area is 90.4 Å². The van der Waals surface area contributed by atoms with Crippen molar-refractivity contribution in [2.24, 2.45) is 0 Å². The molecular weight excluding hydrogens is 214 g/mol. The maximum absolute atomic E-state index is 13.5. The normalized spacial score (nSPS) is 10.4. The molecule has 0 unspecified atom stereocenters. The minimum Gasteiger partial charge on any atom is -0.507 e. The quantitative estimate of drug-likeness (QED) is 0.778. The molecule has 0 aliphatic heterocycles. The first-order valence-corrected chi connectivity index (χ1v) is 4.56. The molecule has 0 bridgehead atoms. The number of halogens is 2. The monoisotopic (exact) mass is 222 g/mol. The van der Waals surface area contributed by atoms with Crippen LogP contribution >= 0.6 is 0 Å². The van der Waals surface area contributed by atoms with E-state index in [0.717, 1.165) is 6.07 Å². The van der Waals surface area contributed by atoms with Gasteiger partial charge in [-0.3, -0.25) is 0 Å². The fraction of sp³-hybridized carbons (Fsp3) is 0. The predicted molar refractivity (Wildman–Crippen MR) is 55.1 cm³/mol. The summed E-state index contributed by atoms with van der Waals surface area (Å²) in [5.74, 6) is -2.73. The van der Waals surface area contributed by atoms with Gasteiger partial charge in [-0.25, -0.2) is 8.78 Å². The smallest absolute Gasteiger partial charge is 0.166 e. The molecular formula is C12H8F2O2. The largest absolute Gasteiger partial charge is 0.507 e. The molecule has 0 spiro atoms. The van der Waals surface area contributed by atoms with E-state index >= 15 is 0 Å². The van der Waals surface area contributed by atoms with Crippen molar-refractivity contribution in [3.63, 3.8) is 0 Å². The molecule has 0 aliphatic carbocycles. The fourth-order valence-corrected chi connectivity index (χ4v) is 1.50. The third-order valence-corrected chi connectivity index (χ3v) is 2.24. The lowest BCUT2D eigenvalue weighted by Gasteiger charge is -2.08. The average Bonchev–Trinajstić information content (AvgIpc) is 2.24. The first-order chi connectivity index (χ1) is 7.61. The van der Waals surface area contributed by atoms with Crippen molar-refractivity contribution in [1.29, 1.82) is 0 Å². The van der Waals surface area contributed by atoms with E-state index in [2.05, 4.69) is 0 Å². The van der Waals surface area contributed by atoms with Crippen molar-refractivity contribution in [1.82, 2.24) is 0 Å². The van der Waals surface area contributed by atoms with Crippen LogP contribution < -0.4 is 0 Å². The number of rotatable bonds is 1. The van der Waals surface area contributed by atoms with Crippen molar-refractivity contribution in [2.75, 3.05) is 0 Å². The van der Waals surface area contributed by atoms with Gasteiger partial charge in [-0.15, -0.1) is 0 Å². The lowest BCUT2D eigenvalue weighted by Crippen LogP contribution is -1.89. The van der Waals surface area contributed by atoms with E-state index in [1.165, 1.54) is 30.3 Å². The second-order valence-electron chi connectivity index (χ2n) is 3.27. The van der Waals surface area contributed by atoms with Crippen LogP contribution in [0.3, 0.4) is 0 Å². The van der Waals surface area contributed by atoms with Gasteiger partial charge in [0.15, 0.2) is 11.6 Å². The summed E-state index contributed by atoms with van der Waals surface area (Å²) < 4.78 is 26.4. The molecule has 0 radical (unpaired) electrons. The Morgan fingerprint density at radius 2 is 1.38 bits per heavy atom. The predicted octanol–water partition coefficient (Wildman–Crippen LogP) is 3.04. The summed E-state index contributed by atoms with van der Waals surface area (Å²) in [7, 11) is 0. The zero-order chi connectivity index (χ0) is 11.7. The highest BCUT2D eigenvalue weighted by molar-refractivity contribution is 5.76. The molecule has 0 fully saturated rings. The average molecular weight is 222 g/mol. The molecule has 0 aromatic heterocycles. The SMILES string of the molecule is Oc1cccc(O)c1-c1cccc(F)c1F. The van der Waals surface area contributed by atoms with Crippen molar-refractivity contribution in [3.05, 3.63) is 48.0 Å². The van der Waals surface area contributed by atoms with Gasteiger partial charge in [0.1, 0.15) is 11.5 Å². The third-order valence-electron chi connectivity index (χ3n) is 2.24. The molecule has 0 amide bonds. The fourth-order valence-electron chi connectivity index (χ4n) is 1.50. The Balaban J connectivity index is 2.73. The van der Waals surface area contributed by atoms with Gasteiger partial charge in [0.25, 0.3) is 0 Å². The second-order valence-corrected chi connectivity index (χ2v) is 3.27. The molecule has 2 aromatic rings. The summed E-state index contributed by atoms with van der Waals surface area (Å²) in [6.07, 6.45) is 0. The van der Waals surface area contributed by atoms with Crippen molar-refractivity contribution >= 4 is 0 Å². The highest BCUT2D eigenvalue weighted by atomic mass is 19.2. The molecule has 82 valence electrons. The summed E-state index contributed by atoms with van der Waals surface area (Å²) in [6, 6.07) is 7.55. The minimum absolute atomic E-state index is 0.112. The van der Waals surface area contributed by atoms with Gasteiger partial charge in [-0.1, -0.05) is 18.2 Å². The molecule has 16 heavy (non-hydrogen) atoms. The van der Waals surface area contributed by atoms with Gasteiger partial charge in [0.05, 0.1) is 5.56 Å². The van der Waals surface area contributed by atoms with Crippen molar-refractivity contribution in [3.8, 4) is 22.6 Å². The minimum atomic E-state index is -1.10. The summed E-state index contributed by atoms with van der Waals surface area (Å²) in [5, 5.41) is 19.0. The molecule has 0 atom stereocenters. The Bertz CT molecular complexity index is 518. The molecule has 2 rings (SSSR count). The van der Waals surface area contributed by atoms with Gasteiger partial charge >= 0.3 is 0 Å². The zero-order valence-corrected chi connectivity index (χ0v) is 8.11. The second kappa shape index (κ2) is 3.81.